The molecule has 5 heteroatoms. The number of ketones is 1. The van der Waals surface area contributed by atoms with Crippen molar-refractivity contribution in [3.8, 4) is 0 Å². The number of hydrogen-bond donors (Lipinski definition) is 1. The van der Waals surface area contributed by atoms with Gasteiger partial charge in [0.25, 0.3) is 0 Å². The van der Waals surface area contributed by atoms with Crippen LogP contribution in [-0.2, 0) is 9.53 Å². The molecule has 1 aromatic rings. The number of aliphatic hydroxyl groups excluding tert-OH is 1. The molecule has 88 valence electrons. The van der Waals surface area contributed by atoms with Crippen LogP contribution in [0.15, 0.2) is 16.5 Å². The lowest BCUT2D eigenvalue weighted by atomic mass is 10.2. The zero-order valence-corrected chi connectivity index (χ0v) is 9.23. The smallest absolute Gasteiger partial charge is 0.305 e. The maximum Gasteiger partial charge on any atom is 0.305 e. The van der Waals surface area contributed by atoms with Gasteiger partial charge in [0.1, 0.15) is 11.9 Å². The first-order valence-electron chi connectivity index (χ1n) is 4.92. The quantitative estimate of drug-likeness (QED) is 0.607. The summed E-state index contributed by atoms with van der Waals surface area (Å²) in [5.74, 6) is -0.228. The molecule has 0 aromatic carbocycles. The van der Waals surface area contributed by atoms with Gasteiger partial charge < -0.3 is 14.3 Å². The van der Waals surface area contributed by atoms with Crippen molar-refractivity contribution in [3.63, 3.8) is 0 Å². The molecule has 0 saturated carbocycles. The minimum absolute atomic E-state index is 0.0278. The number of ether oxygens (including phenoxy) is 1. The highest BCUT2D eigenvalue weighted by Gasteiger charge is 2.14. The van der Waals surface area contributed by atoms with E-state index >= 15 is 0 Å². The number of furan rings is 1. The summed E-state index contributed by atoms with van der Waals surface area (Å²) in [6.07, 6.45) is -0.679. The van der Waals surface area contributed by atoms with Crippen LogP contribution >= 0.6 is 0 Å². The highest BCUT2D eigenvalue weighted by molar-refractivity contribution is 5.95. The van der Waals surface area contributed by atoms with E-state index in [1.165, 1.54) is 19.2 Å². The Bertz CT molecular complexity index is 377. The van der Waals surface area contributed by atoms with Crippen LogP contribution in [-0.4, -0.2) is 24.0 Å². The molecule has 1 atom stereocenters. The van der Waals surface area contributed by atoms with E-state index in [1.54, 1.807) is 6.92 Å². The van der Waals surface area contributed by atoms with Crippen molar-refractivity contribution in [1.82, 2.24) is 0 Å². The SMILES string of the molecule is COC(=O)CCC(=O)c1ccc([C@@H](C)O)o1. The van der Waals surface area contributed by atoms with Crippen molar-refractivity contribution >= 4 is 11.8 Å². The Hall–Kier alpha value is -1.62. The van der Waals surface area contributed by atoms with Crippen LogP contribution in [0.5, 0.6) is 0 Å². The first-order chi connectivity index (χ1) is 7.54. The minimum atomic E-state index is -0.748. The molecule has 0 saturated heterocycles. The van der Waals surface area contributed by atoms with E-state index in [-0.39, 0.29) is 24.4 Å². The molecule has 0 unspecified atom stereocenters. The van der Waals surface area contributed by atoms with Crippen molar-refractivity contribution in [2.75, 3.05) is 7.11 Å². The van der Waals surface area contributed by atoms with E-state index < -0.39 is 12.1 Å². The third-order valence-corrected chi connectivity index (χ3v) is 2.10. The third-order valence-electron chi connectivity index (χ3n) is 2.10. The predicted octanol–water partition coefficient (Wildman–Crippen LogP) is 1.47. The second kappa shape index (κ2) is 5.46. The summed E-state index contributed by atoms with van der Waals surface area (Å²) in [6.45, 7) is 1.54. The van der Waals surface area contributed by atoms with Gasteiger partial charge in [-0.05, 0) is 19.1 Å². The summed E-state index contributed by atoms with van der Waals surface area (Å²) in [5.41, 5.74) is 0. The fourth-order valence-corrected chi connectivity index (χ4v) is 1.17. The summed E-state index contributed by atoms with van der Waals surface area (Å²) in [7, 11) is 1.27. The summed E-state index contributed by atoms with van der Waals surface area (Å²) in [4.78, 5) is 22.3. The zero-order valence-electron chi connectivity index (χ0n) is 9.23. The fraction of sp³-hybridized carbons (Fsp3) is 0.455. The van der Waals surface area contributed by atoms with Gasteiger partial charge in [0.15, 0.2) is 11.5 Å². The number of carbonyl (C=O) groups is 2. The Morgan fingerprint density at radius 3 is 2.62 bits per heavy atom. The van der Waals surface area contributed by atoms with Crippen molar-refractivity contribution < 1.29 is 23.8 Å². The zero-order chi connectivity index (χ0) is 12.1. The molecule has 0 radical (unpaired) electrons. The van der Waals surface area contributed by atoms with Gasteiger partial charge in [0.2, 0.25) is 0 Å². The average molecular weight is 226 g/mol. The number of rotatable bonds is 5. The monoisotopic (exact) mass is 226 g/mol. The molecule has 1 aromatic heterocycles. The molecule has 0 amide bonds. The molecule has 16 heavy (non-hydrogen) atoms. The third kappa shape index (κ3) is 3.20. The first-order valence-corrected chi connectivity index (χ1v) is 4.92. The standard InChI is InChI=1S/C11H14O5/c1-7(12)9-4-5-10(16-9)8(13)3-6-11(14)15-2/h4-5,7,12H,3,6H2,1-2H3/t7-/m1/s1. The lowest BCUT2D eigenvalue weighted by Gasteiger charge is -1.99. The minimum Gasteiger partial charge on any atom is -0.469 e. The van der Waals surface area contributed by atoms with Crippen LogP contribution < -0.4 is 0 Å². The van der Waals surface area contributed by atoms with Gasteiger partial charge in [0, 0.05) is 6.42 Å². The van der Waals surface area contributed by atoms with Gasteiger partial charge >= 0.3 is 5.97 Å². The van der Waals surface area contributed by atoms with Crippen molar-refractivity contribution in [2.45, 2.75) is 25.9 Å². The average Bonchev–Trinajstić information content (AvgIpc) is 2.74. The highest BCUT2D eigenvalue weighted by atomic mass is 16.5. The Morgan fingerprint density at radius 2 is 2.12 bits per heavy atom. The highest BCUT2D eigenvalue weighted by Crippen LogP contribution is 2.17. The van der Waals surface area contributed by atoms with Crippen LogP contribution in [0.1, 0.15) is 42.2 Å². The normalized spacial score (nSPS) is 12.2. The molecule has 0 aliphatic heterocycles. The molecular weight excluding hydrogens is 212 g/mol. The summed E-state index contributed by atoms with van der Waals surface area (Å²) in [6, 6.07) is 3.03. The molecule has 5 nitrogen and oxygen atoms in total. The number of hydrogen-bond acceptors (Lipinski definition) is 5. The lowest BCUT2D eigenvalue weighted by Crippen LogP contribution is -2.05. The van der Waals surface area contributed by atoms with Crippen LogP contribution in [0.3, 0.4) is 0 Å². The van der Waals surface area contributed by atoms with E-state index in [2.05, 4.69) is 4.74 Å². The van der Waals surface area contributed by atoms with Crippen molar-refractivity contribution in [2.24, 2.45) is 0 Å². The van der Waals surface area contributed by atoms with Gasteiger partial charge in [0.05, 0.1) is 13.5 Å². The molecule has 0 spiro atoms. The Kier molecular flexibility index (Phi) is 4.25. The summed E-state index contributed by atoms with van der Waals surface area (Å²) in [5, 5.41) is 9.20. The van der Waals surface area contributed by atoms with E-state index in [0.29, 0.717) is 5.76 Å². The van der Waals surface area contributed by atoms with E-state index in [4.69, 9.17) is 4.42 Å². The number of Topliss-reactive ketones (excluding diaryl/α,β-unsaturated/α-hetero) is 1. The summed E-state index contributed by atoms with van der Waals surface area (Å²) >= 11 is 0. The van der Waals surface area contributed by atoms with Crippen LogP contribution in [0, 0.1) is 0 Å². The van der Waals surface area contributed by atoms with Crippen LogP contribution in [0.25, 0.3) is 0 Å². The van der Waals surface area contributed by atoms with Crippen molar-refractivity contribution in [3.05, 3.63) is 23.7 Å². The molecule has 0 fully saturated rings. The molecule has 1 rings (SSSR count). The molecule has 0 aliphatic carbocycles. The molecular formula is C11H14O5. The second-order valence-corrected chi connectivity index (χ2v) is 3.38. The maximum atomic E-state index is 11.5. The maximum absolute atomic E-state index is 11.5. The van der Waals surface area contributed by atoms with Crippen LogP contribution in [0.2, 0.25) is 0 Å². The first kappa shape index (κ1) is 12.4. The summed E-state index contributed by atoms with van der Waals surface area (Å²) < 4.78 is 9.54. The van der Waals surface area contributed by atoms with Gasteiger partial charge in [-0.1, -0.05) is 0 Å². The molecule has 0 bridgehead atoms. The molecule has 1 N–H and O–H groups in total. The lowest BCUT2D eigenvalue weighted by molar-refractivity contribution is -0.140. The number of esters is 1. The van der Waals surface area contributed by atoms with Crippen LogP contribution in [0.4, 0.5) is 0 Å². The Labute approximate surface area is 93.0 Å². The van der Waals surface area contributed by atoms with Gasteiger partial charge in [-0.25, -0.2) is 0 Å². The van der Waals surface area contributed by atoms with E-state index in [0.717, 1.165) is 0 Å². The largest absolute Gasteiger partial charge is 0.469 e. The van der Waals surface area contributed by atoms with E-state index in [9.17, 15) is 14.7 Å². The second-order valence-electron chi connectivity index (χ2n) is 3.38. The number of aliphatic hydroxyl groups is 1. The molecule has 1 heterocycles. The Morgan fingerprint density at radius 1 is 1.44 bits per heavy atom. The van der Waals surface area contributed by atoms with Gasteiger partial charge in [-0.3, -0.25) is 9.59 Å². The molecule has 0 aliphatic rings. The number of methoxy groups -OCH3 is 1. The number of carbonyl (C=O) groups excluding carboxylic acids is 2. The van der Waals surface area contributed by atoms with Crippen molar-refractivity contribution in [1.29, 1.82) is 0 Å². The topological polar surface area (TPSA) is 76.7 Å². The van der Waals surface area contributed by atoms with Gasteiger partial charge in [-0.15, -0.1) is 0 Å². The Balaban J connectivity index is 2.56. The fourth-order valence-electron chi connectivity index (χ4n) is 1.17. The predicted molar refractivity (Wildman–Crippen MR) is 54.9 cm³/mol. The van der Waals surface area contributed by atoms with Gasteiger partial charge in [-0.2, -0.15) is 0 Å². The van der Waals surface area contributed by atoms with E-state index in [1.807, 2.05) is 0 Å².